The van der Waals surface area contributed by atoms with Gasteiger partial charge in [-0.1, -0.05) is 6.92 Å². The molecule has 0 radical (unpaired) electrons. The fraction of sp³-hybridized carbons (Fsp3) is 0.600. The van der Waals surface area contributed by atoms with Crippen LogP contribution in [0.25, 0.3) is 0 Å². The predicted octanol–water partition coefficient (Wildman–Crippen LogP) is -0.400. The summed E-state index contributed by atoms with van der Waals surface area (Å²) in [5.74, 6) is 0.171. The van der Waals surface area contributed by atoms with E-state index in [0.717, 1.165) is 0 Å². The van der Waals surface area contributed by atoms with Crippen LogP contribution in [0.1, 0.15) is 13.3 Å². The highest BCUT2D eigenvalue weighted by Crippen LogP contribution is 1.99. The van der Waals surface area contributed by atoms with Gasteiger partial charge in [0.25, 0.3) is 0 Å². The van der Waals surface area contributed by atoms with E-state index in [1.165, 1.54) is 10.9 Å². The fourth-order valence-corrected chi connectivity index (χ4v) is 1.28. The van der Waals surface area contributed by atoms with Gasteiger partial charge in [-0.2, -0.15) is 5.10 Å². The number of aliphatic hydroxyl groups excluding tert-OH is 1. The Kier molecular flexibility index (Phi) is 4.78. The highest BCUT2D eigenvalue weighted by atomic mass is 16.3. The Balaban J connectivity index is 2.26. The van der Waals surface area contributed by atoms with Gasteiger partial charge in [0.05, 0.1) is 11.9 Å². The molecule has 1 atom stereocenters. The number of rotatable bonds is 6. The van der Waals surface area contributed by atoms with E-state index >= 15 is 0 Å². The van der Waals surface area contributed by atoms with E-state index in [1.54, 1.807) is 6.20 Å². The third-order valence-electron chi connectivity index (χ3n) is 2.23. The second kappa shape index (κ2) is 6.12. The van der Waals surface area contributed by atoms with E-state index in [-0.39, 0.29) is 25.0 Å². The lowest BCUT2D eigenvalue weighted by Crippen LogP contribution is -2.31. The lowest BCUT2D eigenvalue weighted by Gasteiger charge is -2.10. The average molecular weight is 226 g/mol. The molecular weight excluding hydrogens is 208 g/mol. The monoisotopic (exact) mass is 226 g/mol. The number of hydrogen-bond acceptors (Lipinski definition) is 4. The van der Waals surface area contributed by atoms with E-state index in [1.807, 2.05) is 6.92 Å². The van der Waals surface area contributed by atoms with Crippen molar-refractivity contribution in [1.82, 2.24) is 15.1 Å². The Morgan fingerprint density at radius 2 is 2.50 bits per heavy atom. The summed E-state index contributed by atoms with van der Waals surface area (Å²) >= 11 is 0. The molecule has 0 aromatic carbocycles. The number of aliphatic hydroxyl groups is 1. The molecule has 1 heterocycles. The zero-order chi connectivity index (χ0) is 12.0. The van der Waals surface area contributed by atoms with Crippen LogP contribution in [0, 0.1) is 5.92 Å². The molecule has 16 heavy (non-hydrogen) atoms. The van der Waals surface area contributed by atoms with Gasteiger partial charge in [-0.15, -0.1) is 0 Å². The Bertz CT molecular complexity index is 337. The number of nitrogens with one attached hydrogen (secondary N) is 1. The molecule has 6 heteroatoms. The topological polar surface area (TPSA) is 93.2 Å². The quantitative estimate of drug-likeness (QED) is 0.615. The molecule has 0 saturated heterocycles. The van der Waals surface area contributed by atoms with E-state index in [2.05, 4.69) is 10.4 Å². The highest BCUT2D eigenvalue weighted by molar-refractivity contribution is 5.75. The molecule has 1 amide bonds. The Labute approximate surface area is 94.4 Å². The largest absolute Gasteiger partial charge is 0.396 e. The summed E-state index contributed by atoms with van der Waals surface area (Å²) < 4.78 is 1.49. The van der Waals surface area contributed by atoms with Gasteiger partial charge in [-0.3, -0.25) is 9.48 Å². The number of amides is 1. The van der Waals surface area contributed by atoms with Gasteiger partial charge in [-0.25, -0.2) is 0 Å². The Hall–Kier alpha value is -1.56. The van der Waals surface area contributed by atoms with Gasteiger partial charge < -0.3 is 16.2 Å². The average Bonchev–Trinajstić information content (AvgIpc) is 2.61. The summed E-state index contributed by atoms with van der Waals surface area (Å²) in [6, 6.07) is 0. The maximum Gasteiger partial charge on any atom is 0.241 e. The molecule has 0 aliphatic heterocycles. The van der Waals surface area contributed by atoms with Gasteiger partial charge >= 0.3 is 0 Å². The standard InChI is InChI=1S/C10H18N4O2/c1-8(2-3-15)4-12-10(16)7-14-6-9(11)5-13-14/h5-6,8,15H,2-4,7,11H2,1H3,(H,12,16). The second-order valence-electron chi connectivity index (χ2n) is 3.89. The Morgan fingerprint density at radius 3 is 3.06 bits per heavy atom. The van der Waals surface area contributed by atoms with Crippen LogP contribution in [-0.2, 0) is 11.3 Å². The Morgan fingerprint density at radius 1 is 1.75 bits per heavy atom. The first kappa shape index (κ1) is 12.5. The number of nitrogens with two attached hydrogens (primary N) is 1. The molecule has 0 aliphatic carbocycles. The summed E-state index contributed by atoms with van der Waals surface area (Å²) in [6.45, 7) is 2.86. The molecule has 4 N–H and O–H groups in total. The van der Waals surface area contributed by atoms with Crippen molar-refractivity contribution in [2.75, 3.05) is 18.9 Å². The lowest BCUT2D eigenvalue weighted by atomic mass is 10.1. The molecule has 0 fully saturated rings. The molecule has 6 nitrogen and oxygen atoms in total. The first-order chi connectivity index (χ1) is 7.61. The van der Waals surface area contributed by atoms with Gasteiger partial charge in [0.2, 0.25) is 5.91 Å². The highest BCUT2D eigenvalue weighted by Gasteiger charge is 2.06. The molecule has 0 bridgehead atoms. The van der Waals surface area contributed by atoms with Crippen LogP contribution >= 0.6 is 0 Å². The van der Waals surface area contributed by atoms with E-state index in [4.69, 9.17) is 10.8 Å². The van der Waals surface area contributed by atoms with Crippen molar-refractivity contribution in [2.45, 2.75) is 19.9 Å². The number of anilines is 1. The molecule has 0 spiro atoms. The summed E-state index contributed by atoms with van der Waals surface area (Å²) in [5.41, 5.74) is 6.02. The first-order valence-corrected chi connectivity index (χ1v) is 5.27. The number of carbonyl (C=O) groups is 1. The molecule has 1 aromatic rings. The minimum Gasteiger partial charge on any atom is -0.396 e. The molecule has 90 valence electrons. The van der Waals surface area contributed by atoms with Crippen LogP contribution in [0.5, 0.6) is 0 Å². The van der Waals surface area contributed by atoms with Crippen molar-refractivity contribution in [3.05, 3.63) is 12.4 Å². The van der Waals surface area contributed by atoms with Crippen LogP contribution in [-0.4, -0.2) is 33.9 Å². The van der Waals surface area contributed by atoms with Crippen LogP contribution in [0.15, 0.2) is 12.4 Å². The number of aromatic nitrogens is 2. The third kappa shape index (κ3) is 4.31. The van der Waals surface area contributed by atoms with Crippen molar-refractivity contribution in [3.63, 3.8) is 0 Å². The van der Waals surface area contributed by atoms with Gasteiger partial charge in [-0.05, 0) is 12.3 Å². The summed E-state index contributed by atoms with van der Waals surface area (Å²) in [6.07, 6.45) is 3.80. The number of carbonyl (C=O) groups excluding carboxylic acids is 1. The van der Waals surface area contributed by atoms with Crippen molar-refractivity contribution >= 4 is 11.6 Å². The zero-order valence-electron chi connectivity index (χ0n) is 9.39. The molecule has 0 aliphatic rings. The predicted molar refractivity (Wildman–Crippen MR) is 60.5 cm³/mol. The van der Waals surface area contributed by atoms with Crippen LogP contribution < -0.4 is 11.1 Å². The van der Waals surface area contributed by atoms with Gasteiger partial charge in [0.1, 0.15) is 6.54 Å². The van der Waals surface area contributed by atoms with Crippen molar-refractivity contribution < 1.29 is 9.90 Å². The molecule has 0 saturated carbocycles. The van der Waals surface area contributed by atoms with E-state index < -0.39 is 0 Å². The van der Waals surface area contributed by atoms with E-state index in [0.29, 0.717) is 18.7 Å². The number of nitrogen functional groups attached to an aromatic ring is 1. The van der Waals surface area contributed by atoms with Crippen molar-refractivity contribution in [1.29, 1.82) is 0 Å². The first-order valence-electron chi connectivity index (χ1n) is 5.27. The normalized spacial score (nSPS) is 12.4. The SMILES string of the molecule is CC(CCO)CNC(=O)Cn1cc(N)cn1. The summed E-state index contributed by atoms with van der Waals surface area (Å²) in [5, 5.41) is 15.4. The minimum absolute atomic E-state index is 0.104. The van der Waals surface area contributed by atoms with Crippen molar-refractivity contribution in [3.8, 4) is 0 Å². The second-order valence-corrected chi connectivity index (χ2v) is 3.89. The van der Waals surface area contributed by atoms with Gasteiger partial charge in [0.15, 0.2) is 0 Å². The third-order valence-corrected chi connectivity index (χ3v) is 2.23. The van der Waals surface area contributed by atoms with Crippen LogP contribution in [0.3, 0.4) is 0 Å². The fourth-order valence-electron chi connectivity index (χ4n) is 1.28. The minimum atomic E-state index is -0.104. The summed E-state index contributed by atoms with van der Waals surface area (Å²) in [4.78, 5) is 11.5. The molecule has 1 unspecified atom stereocenters. The lowest BCUT2D eigenvalue weighted by molar-refractivity contribution is -0.122. The molecule has 1 rings (SSSR count). The molecule has 1 aromatic heterocycles. The number of hydrogen-bond donors (Lipinski definition) is 3. The van der Waals surface area contributed by atoms with Gasteiger partial charge in [0, 0.05) is 19.3 Å². The maximum atomic E-state index is 11.5. The number of nitrogens with zero attached hydrogens (tertiary/aromatic N) is 2. The van der Waals surface area contributed by atoms with Crippen molar-refractivity contribution in [2.24, 2.45) is 5.92 Å². The maximum absolute atomic E-state index is 11.5. The summed E-state index contributed by atoms with van der Waals surface area (Å²) in [7, 11) is 0. The smallest absolute Gasteiger partial charge is 0.241 e. The zero-order valence-corrected chi connectivity index (χ0v) is 9.39. The van der Waals surface area contributed by atoms with Crippen LogP contribution in [0.2, 0.25) is 0 Å². The van der Waals surface area contributed by atoms with Crippen LogP contribution in [0.4, 0.5) is 5.69 Å². The molecular formula is C10H18N4O2. The van der Waals surface area contributed by atoms with E-state index in [9.17, 15) is 4.79 Å².